The predicted molar refractivity (Wildman–Crippen MR) is 83.8 cm³/mol. The van der Waals surface area contributed by atoms with Gasteiger partial charge in [-0.1, -0.05) is 18.2 Å². The van der Waals surface area contributed by atoms with Gasteiger partial charge in [-0.25, -0.2) is 4.98 Å². The zero-order chi connectivity index (χ0) is 15.2. The van der Waals surface area contributed by atoms with Gasteiger partial charge < -0.3 is 14.5 Å². The smallest absolute Gasteiger partial charge is 0.224 e. The molecule has 1 amide bonds. The van der Waals surface area contributed by atoms with Crippen LogP contribution < -0.4 is 10.1 Å². The minimum atomic E-state index is -0.0421. The molecule has 0 atom stereocenters. The number of aromatic nitrogens is 1. The van der Waals surface area contributed by atoms with Gasteiger partial charge in [0.25, 0.3) is 0 Å². The molecule has 3 aromatic rings. The summed E-state index contributed by atoms with van der Waals surface area (Å²) < 4.78 is 10.7. The average molecular weight is 296 g/mol. The number of para-hydroxylation sites is 1. The number of ether oxygens (including phenoxy) is 1. The van der Waals surface area contributed by atoms with Crippen LogP contribution in [0.15, 0.2) is 59.3 Å². The van der Waals surface area contributed by atoms with E-state index in [-0.39, 0.29) is 5.91 Å². The highest BCUT2D eigenvalue weighted by Crippen LogP contribution is 2.17. The Morgan fingerprint density at radius 1 is 1.18 bits per heavy atom. The van der Waals surface area contributed by atoms with E-state index >= 15 is 0 Å². The molecule has 1 aromatic heterocycles. The first kappa shape index (κ1) is 14.1. The van der Waals surface area contributed by atoms with E-state index in [2.05, 4.69) is 10.3 Å². The second kappa shape index (κ2) is 6.76. The Bertz CT molecular complexity index is 753. The molecule has 22 heavy (non-hydrogen) atoms. The van der Waals surface area contributed by atoms with Crippen molar-refractivity contribution in [1.82, 2.24) is 4.98 Å². The van der Waals surface area contributed by atoms with Gasteiger partial charge in [0.2, 0.25) is 5.91 Å². The molecule has 1 heterocycles. The van der Waals surface area contributed by atoms with Crippen LogP contribution in [-0.2, 0) is 4.79 Å². The minimum Gasteiger partial charge on any atom is -0.494 e. The fourth-order valence-corrected chi connectivity index (χ4v) is 2.10. The van der Waals surface area contributed by atoms with Crippen LogP contribution in [0.25, 0.3) is 11.1 Å². The summed E-state index contributed by atoms with van der Waals surface area (Å²) in [6, 6.07) is 14.9. The lowest BCUT2D eigenvalue weighted by atomic mass is 10.2. The molecule has 2 aromatic carbocycles. The van der Waals surface area contributed by atoms with Gasteiger partial charge >= 0.3 is 0 Å². The molecule has 0 aliphatic carbocycles. The highest BCUT2D eigenvalue weighted by atomic mass is 16.5. The number of nitrogens with one attached hydrogen (secondary N) is 1. The number of nitrogens with zero attached hydrogens (tertiary/aromatic N) is 1. The van der Waals surface area contributed by atoms with Crippen LogP contribution in [0, 0.1) is 0 Å². The number of fused-ring (bicyclic) bond motifs is 1. The van der Waals surface area contributed by atoms with Gasteiger partial charge in [-0.05, 0) is 36.8 Å². The number of rotatable bonds is 6. The summed E-state index contributed by atoms with van der Waals surface area (Å²) in [6.07, 6.45) is 2.45. The summed E-state index contributed by atoms with van der Waals surface area (Å²) in [6.45, 7) is 0.514. The molecule has 0 fully saturated rings. The Morgan fingerprint density at radius 3 is 2.91 bits per heavy atom. The maximum atomic E-state index is 11.9. The van der Waals surface area contributed by atoms with Crippen molar-refractivity contribution in [3.8, 4) is 5.75 Å². The maximum Gasteiger partial charge on any atom is 0.224 e. The topological polar surface area (TPSA) is 64.4 Å². The molecule has 5 heteroatoms. The van der Waals surface area contributed by atoms with Crippen molar-refractivity contribution in [2.24, 2.45) is 0 Å². The summed E-state index contributed by atoms with van der Waals surface area (Å²) in [5, 5.41) is 2.85. The monoisotopic (exact) mass is 296 g/mol. The predicted octanol–water partition coefficient (Wildman–Crippen LogP) is 3.63. The van der Waals surface area contributed by atoms with Crippen molar-refractivity contribution >= 4 is 22.7 Å². The van der Waals surface area contributed by atoms with E-state index in [1.165, 1.54) is 6.39 Å². The number of anilines is 1. The van der Waals surface area contributed by atoms with Crippen molar-refractivity contribution < 1.29 is 13.9 Å². The molecule has 0 saturated carbocycles. The van der Waals surface area contributed by atoms with Gasteiger partial charge in [0.1, 0.15) is 11.3 Å². The first-order chi connectivity index (χ1) is 10.8. The lowest BCUT2D eigenvalue weighted by Crippen LogP contribution is -2.12. The third-order valence-corrected chi connectivity index (χ3v) is 3.17. The highest BCUT2D eigenvalue weighted by molar-refractivity contribution is 5.92. The third-order valence-electron chi connectivity index (χ3n) is 3.17. The van der Waals surface area contributed by atoms with Crippen LogP contribution in [0.5, 0.6) is 5.75 Å². The van der Waals surface area contributed by atoms with Gasteiger partial charge in [0, 0.05) is 12.1 Å². The Balaban J connectivity index is 1.44. The molecular formula is C17H16N2O3. The molecular weight excluding hydrogens is 280 g/mol. The standard InChI is InChI=1S/C17H16N2O3/c20-17(7-4-10-21-14-5-2-1-3-6-14)19-13-8-9-16-15(11-13)18-12-22-16/h1-3,5-6,8-9,11-12H,4,7,10H2,(H,19,20). The number of carbonyl (C=O) groups is 1. The minimum absolute atomic E-state index is 0.0421. The van der Waals surface area contributed by atoms with Crippen LogP contribution in [0.3, 0.4) is 0 Å². The first-order valence-corrected chi connectivity index (χ1v) is 7.12. The van der Waals surface area contributed by atoms with E-state index in [0.29, 0.717) is 25.0 Å². The van der Waals surface area contributed by atoms with Crippen molar-refractivity contribution in [3.05, 3.63) is 54.9 Å². The van der Waals surface area contributed by atoms with Gasteiger partial charge in [0.15, 0.2) is 12.0 Å². The second-order valence-corrected chi connectivity index (χ2v) is 4.85. The van der Waals surface area contributed by atoms with Gasteiger partial charge in [-0.2, -0.15) is 0 Å². The Kier molecular flexibility index (Phi) is 4.34. The Labute approximate surface area is 127 Å². The number of amides is 1. The maximum absolute atomic E-state index is 11.9. The van der Waals surface area contributed by atoms with Crippen LogP contribution in [0.4, 0.5) is 5.69 Å². The van der Waals surface area contributed by atoms with E-state index in [1.54, 1.807) is 18.2 Å². The third kappa shape index (κ3) is 3.63. The molecule has 0 aliphatic rings. The molecule has 0 radical (unpaired) electrons. The Hall–Kier alpha value is -2.82. The van der Waals surface area contributed by atoms with Crippen LogP contribution in [0.1, 0.15) is 12.8 Å². The van der Waals surface area contributed by atoms with E-state index in [9.17, 15) is 4.79 Å². The lowest BCUT2D eigenvalue weighted by molar-refractivity contribution is -0.116. The Morgan fingerprint density at radius 2 is 2.05 bits per heavy atom. The van der Waals surface area contributed by atoms with Crippen molar-refractivity contribution in [1.29, 1.82) is 0 Å². The molecule has 0 unspecified atom stereocenters. The molecule has 112 valence electrons. The zero-order valence-corrected chi connectivity index (χ0v) is 12.0. The summed E-state index contributed by atoms with van der Waals surface area (Å²) in [5.41, 5.74) is 2.15. The summed E-state index contributed by atoms with van der Waals surface area (Å²) in [4.78, 5) is 15.9. The lowest BCUT2D eigenvalue weighted by Gasteiger charge is -2.07. The van der Waals surface area contributed by atoms with E-state index in [1.807, 2.05) is 30.3 Å². The molecule has 5 nitrogen and oxygen atoms in total. The van der Waals surface area contributed by atoms with Crippen LogP contribution in [-0.4, -0.2) is 17.5 Å². The molecule has 3 rings (SSSR count). The number of hydrogen-bond donors (Lipinski definition) is 1. The number of carbonyl (C=O) groups excluding carboxylic acids is 1. The van der Waals surface area contributed by atoms with Crippen molar-refractivity contribution in [2.75, 3.05) is 11.9 Å². The quantitative estimate of drug-likeness (QED) is 0.705. The average Bonchev–Trinajstić information content (AvgIpc) is 3.00. The highest BCUT2D eigenvalue weighted by Gasteiger charge is 2.05. The van der Waals surface area contributed by atoms with Crippen LogP contribution in [0.2, 0.25) is 0 Å². The van der Waals surface area contributed by atoms with Crippen molar-refractivity contribution in [3.63, 3.8) is 0 Å². The largest absolute Gasteiger partial charge is 0.494 e. The number of benzene rings is 2. The van der Waals surface area contributed by atoms with E-state index in [4.69, 9.17) is 9.15 Å². The molecule has 1 N–H and O–H groups in total. The zero-order valence-electron chi connectivity index (χ0n) is 12.0. The van der Waals surface area contributed by atoms with E-state index < -0.39 is 0 Å². The molecule has 0 spiro atoms. The van der Waals surface area contributed by atoms with Crippen LogP contribution >= 0.6 is 0 Å². The van der Waals surface area contributed by atoms with Gasteiger partial charge in [0.05, 0.1) is 6.61 Å². The fraction of sp³-hybridized carbons (Fsp3) is 0.176. The summed E-state index contributed by atoms with van der Waals surface area (Å²) in [5.74, 6) is 0.777. The fourth-order valence-electron chi connectivity index (χ4n) is 2.10. The number of oxazole rings is 1. The summed E-state index contributed by atoms with van der Waals surface area (Å²) >= 11 is 0. The van der Waals surface area contributed by atoms with E-state index in [0.717, 1.165) is 17.0 Å². The SMILES string of the molecule is O=C(CCCOc1ccccc1)Nc1ccc2ocnc2c1. The second-order valence-electron chi connectivity index (χ2n) is 4.85. The normalized spacial score (nSPS) is 10.5. The molecule has 0 bridgehead atoms. The number of hydrogen-bond acceptors (Lipinski definition) is 4. The van der Waals surface area contributed by atoms with Crippen molar-refractivity contribution in [2.45, 2.75) is 12.8 Å². The van der Waals surface area contributed by atoms with Gasteiger partial charge in [-0.15, -0.1) is 0 Å². The van der Waals surface area contributed by atoms with Gasteiger partial charge in [-0.3, -0.25) is 4.79 Å². The first-order valence-electron chi connectivity index (χ1n) is 7.12. The molecule has 0 aliphatic heterocycles. The molecule has 0 saturated heterocycles. The summed E-state index contributed by atoms with van der Waals surface area (Å²) in [7, 11) is 0.